The Morgan fingerprint density at radius 1 is 1.23 bits per heavy atom. The Balaban J connectivity index is 1.58. The summed E-state index contributed by atoms with van der Waals surface area (Å²) in [5, 5.41) is 2.90. The van der Waals surface area contributed by atoms with Crippen LogP contribution in [-0.2, 0) is 16.0 Å². The smallest absolute Gasteiger partial charge is 0.277 e. The number of benzene rings is 2. The molecule has 7 nitrogen and oxygen atoms in total. The molecule has 0 radical (unpaired) electrons. The number of amides is 1. The average Bonchev–Trinajstić information content (AvgIpc) is 3.30. The first kappa shape index (κ1) is 20.1. The Hall–Kier alpha value is -3.19. The molecule has 1 amide bonds. The van der Waals surface area contributed by atoms with E-state index in [4.69, 9.17) is 9.47 Å². The van der Waals surface area contributed by atoms with Gasteiger partial charge in [-0.05, 0) is 49.2 Å². The van der Waals surface area contributed by atoms with Crippen molar-refractivity contribution < 1.29 is 14.3 Å². The molecule has 1 aliphatic rings. The lowest BCUT2D eigenvalue weighted by Crippen LogP contribution is -2.32. The number of nitrogens with zero attached hydrogens (tertiary/aromatic N) is 2. The van der Waals surface area contributed by atoms with E-state index in [9.17, 15) is 9.59 Å². The molecule has 4 rings (SSSR count). The van der Waals surface area contributed by atoms with Crippen LogP contribution in [0.4, 0.5) is 0 Å². The highest BCUT2D eigenvalue weighted by molar-refractivity contribution is 5.78. The van der Waals surface area contributed by atoms with Gasteiger partial charge in [0.15, 0.2) is 0 Å². The van der Waals surface area contributed by atoms with Crippen LogP contribution in [0, 0.1) is 0 Å². The fourth-order valence-electron chi connectivity index (χ4n) is 3.68. The van der Waals surface area contributed by atoms with Gasteiger partial charge in [-0.3, -0.25) is 14.2 Å². The zero-order valence-corrected chi connectivity index (χ0v) is 17.0. The normalized spacial score (nSPS) is 16.0. The van der Waals surface area contributed by atoms with Gasteiger partial charge in [0.25, 0.3) is 5.56 Å². The second-order valence-electron chi connectivity index (χ2n) is 7.32. The fraction of sp³-hybridized carbons (Fsp3) is 0.348. The summed E-state index contributed by atoms with van der Waals surface area (Å²) in [6, 6.07) is 14.8. The van der Waals surface area contributed by atoms with E-state index >= 15 is 0 Å². The summed E-state index contributed by atoms with van der Waals surface area (Å²) in [4.78, 5) is 30.0. The Morgan fingerprint density at radius 3 is 2.77 bits per heavy atom. The van der Waals surface area contributed by atoms with Crippen LogP contribution >= 0.6 is 0 Å². The van der Waals surface area contributed by atoms with Crippen molar-refractivity contribution >= 4 is 16.9 Å². The van der Waals surface area contributed by atoms with E-state index in [1.54, 1.807) is 11.7 Å². The van der Waals surface area contributed by atoms with Crippen LogP contribution < -0.4 is 15.6 Å². The predicted molar refractivity (Wildman–Crippen MR) is 114 cm³/mol. The minimum absolute atomic E-state index is 0.0973. The van der Waals surface area contributed by atoms with E-state index in [0.29, 0.717) is 23.5 Å². The monoisotopic (exact) mass is 407 g/mol. The van der Waals surface area contributed by atoms with Crippen LogP contribution in [0.3, 0.4) is 0 Å². The number of nitrogens with one attached hydrogen (secondary N) is 1. The number of methoxy groups -OCH3 is 1. The second-order valence-corrected chi connectivity index (χ2v) is 7.32. The van der Waals surface area contributed by atoms with Gasteiger partial charge in [-0.15, -0.1) is 0 Å². The Kier molecular flexibility index (Phi) is 6.09. The molecule has 1 atom stereocenters. The molecule has 156 valence electrons. The van der Waals surface area contributed by atoms with Crippen molar-refractivity contribution in [3.05, 3.63) is 64.6 Å². The summed E-state index contributed by atoms with van der Waals surface area (Å²) in [6.45, 7) is 1.27. The lowest BCUT2D eigenvalue weighted by Gasteiger charge is -2.13. The third-order valence-electron chi connectivity index (χ3n) is 5.30. The van der Waals surface area contributed by atoms with Crippen molar-refractivity contribution in [2.24, 2.45) is 0 Å². The van der Waals surface area contributed by atoms with E-state index < -0.39 is 0 Å². The number of hydrogen-bond acceptors (Lipinski definition) is 5. The number of ether oxygens (including phenoxy) is 2. The minimum atomic E-state index is -0.217. The van der Waals surface area contributed by atoms with E-state index in [1.165, 1.54) is 0 Å². The van der Waals surface area contributed by atoms with Gasteiger partial charge in [0, 0.05) is 31.7 Å². The number of para-hydroxylation sites is 2. The van der Waals surface area contributed by atoms with Crippen LogP contribution in [0.1, 0.15) is 25.0 Å². The van der Waals surface area contributed by atoms with E-state index in [1.807, 2.05) is 48.5 Å². The number of aromatic nitrogens is 2. The van der Waals surface area contributed by atoms with Gasteiger partial charge < -0.3 is 14.8 Å². The van der Waals surface area contributed by atoms with Gasteiger partial charge in [0.1, 0.15) is 11.4 Å². The summed E-state index contributed by atoms with van der Waals surface area (Å²) < 4.78 is 12.4. The number of carbonyl (C=O) groups is 1. The largest absolute Gasteiger partial charge is 0.497 e. The number of carbonyl (C=O) groups excluding carboxylic acids is 1. The Labute approximate surface area is 174 Å². The van der Waals surface area contributed by atoms with Crippen molar-refractivity contribution in [3.63, 3.8) is 0 Å². The molecule has 30 heavy (non-hydrogen) atoms. The highest BCUT2D eigenvalue weighted by atomic mass is 16.5. The highest BCUT2D eigenvalue weighted by Crippen LogP contribution is 2.19. The van der Waals surface area contributed by atoms with Gasteiger partial charge in [0.05, 0.1) is 24.2 Å². The second kappa shape index (κ2) is 9.09. The summed E-state index contributed by atoms with van der Waals surface area (Å²) in [6.07, 6.45) is 2.58. The summed E-state index contributed by atoms with van der Waals surface area (Å²) in [5.41, 5.74) is 2.31. The predicted octanol–water partition coefficient (Wildman–Crippen LogP) is 2.62. The average molecular weight is 407 g/mol. The molecule has 2 heterocycles. The lowest BCUT2D eigenvalue weighted by atomic mass is 10.2. The van der Waals surface area contributed by atoms with E-state index in [0.717, 1.165) is 30.7 Å². The molecular formula is C23H25N3O4. The van der Waals surface area contributed by atoms with Gasteiger partial charge >= 0.3 is 0 Å². The molecule has 1 aliphatic heterocycles. The van der Waals surface area contributed by atoms with Crippen molar-refractivity contribution in [3.8, 4) is 11.4 Å². The van der Waals surface area contributed by atoms with Gasteiger partial charge in [-0.2, -0.15) is 0 Å². The zero-order chi connectivity index (χ0) is 20.9. The fourth-order valence-corrected chi connectivity index (χ4v) is 3.68. The Bertz CT molecular complexity index is 1090. The molecule has 0 spiro atoms. The summed E-state index contributed by atoms with van der Waals surface area (Å²) in [5.74, 6) is 0.615. The highest BCUT2D eigenvalue weighted by Gasteiger charge is 2.17. The lowest BCUT2D eigenvalue weighted by molar-refractivity contribution is -0.121. The molecule has 1 saturated heterocycles. The van der Waals surface area contributed by atoms with Gasteiger partial charge in [-0.1, -0.05) is 12.1 Å². The summed E-state index contributed by atoms with van der Waals surface area (Å²) in [7, 11) is 1.60. The standard InChI is InChI=1S/C23H25N3O4/c1-29-17-10-8-16(9-11-17)26-21-7-3-2-6-19(21)25-20(23(26)28)12-13-22(27)24-15-18-5-4-14-30-18/h2-3,6-11,18H,4-5,12-15H2,1H3,(H,24,27)/t18-/m0/s1. The van der Waals surface area contributed by atoms with Gasteiger partial charge in [0.2, 0.25) is 5.91 Å². The molecule has 0 aliphatic carbocycles. The molecule has 2 aromatic carbocycles. The summed E-state index contributed by atoms with van der Waals surface area (Å²) >= 11 is 0. The first-order valence-electron chi connectivity index (χ1n) is 10.2. The van der Waals surface area contributed by atoms with Crippen molar-refractivity contribution in [1.29, 1.82) is 0 Å². The molecule has 1 N–H and O–H groups in total. The molecule has 3 aromatic rings. The van der Waals surface area contributed by atoms with Crippen LogP contribution in [0.2, 0.25) is 0 Å². The minimum Gasteiger partial charge on any atom is -0.497 e. The topological polar surface area (TPSA) is 82.5 Å². The molecule has 1 aromatic heterocycles. The van der Waals surface area contributed by atoms with Crippen LogP contribution in [0.5, 0.6) is 5.75 Å². The molecule has 0 bridgehead atoms. The van der Waals surface area contributed by atoms with Gasteiger partial charge in [-0.25, -0.2) is 4.98 Å². The maximum Gasteiger partial charge on any atom is 0.277 e. The van der Waals surface area contributed by atoms with Crippen molar-refractivity contribution in [1.82, 2.24) is 14.9 Å². The van der Waals surface area contributed by atoms with Crippen LogP contribution in [-0.4, -0.2) is 41.8 Å². The van der Waals surface area contributed by atoms with E-state index in [2.05, 4.69) is 10.3 Å². The first-order chi connectivity index (χ1) is 14.7. The molecule has 0 unspecified atom stereocenters. The first-order valence-corrected chi connectivity index (χ1v) is 10.2. The maximum atomic E-state index is 13.2. The maximum absolute atomic E-state index is 13.2. The number of rotatable bonds is 7. The Morgan fingerprint density at radius 2 is 2.03 bits per heavy atom. The van der Waals surface area contributed by atoms with E-state index in [-0.39, 0.29) is 30.4 Å². The number of fused-ring (bicyclic) bond motifs is 1. The third-order valence-corrected chi connectivity index (χ3v) is 5.30. The van der Waals surface area contributed by atoms with Crippen LogP contribution in [0.15, 0.2) is 53.3 Å². The molecule has 0 saturated carbocycles. The van der Waals surface area contributed by atoms with Crippen LogP contribution in [0.25, 0.3) is 16.7 Å². The zero-order valence-electron chi connectivity index (χ0n) is 17.0. The number of aryl methyl sites for hydroxylation is 1. The SMILES string of the molecule is COc1ccc(-n2c(=O)c(CCC(=O)NC[C@@H]3CCCO3)nc3ccccc32)cc1. The van der Waals surface area contributed by atoms with Crippen molar-refractivity contribution in [2.45, 2.75) is 31.8 Å². The molecule has 1 fully saturated rings. The quantitative estimate of drug-likeness (QED) is 0.651. The van der Waals surface area contributed by atoms with Crippen molar-refractivity contribution in [2.75, 3.05) is 20.3 Å². The molecule has 7 heteroatoms. The molecular weight excluding hydrogens is 382 g/mol. The third kappa shape index (κ3) is 4.36. The number of hydrogen-bond donors (Lipinski definition) is 1.